The Balaban J connectivity index is 1.75. The van der Waals surface area contributed by atoms with E-state index < -0.39 is 5.82 Å². The number of phenols is 1. The predicted molar refractivity (Wildman–Crippen MR) is 127 cm³/mol. The number of pyridine rings is 1. The third-order valence-electron chi connectivity index (χ3n) is 5.12. The van der Waals surface area contributed by atoms with Crippen molar-refractivity contribution in [2.24, 2.45) is 0 Å². The summed E-state index contributed by atoms with van der Waals surface area (Å²) in [7, 11) is 5.48. The van der Waals surface area contributed by atoms with Crippen LogP contribution in [-0.4, -0.2) is 36.2 Å². The first-order chi connectivity index (χ1) is 15.4. The SMILES string of the molecule is COc1cc(-c2cc3c(Nc4ccc(CN(C)C)cc4)ccnc3cc2F)cc(Cl)c1O. The van der Waals surface area contributed by atoms with Gasteiger partial charge in [0, 0.05) is 41.1 Å². The van der Waals surface area contributed by atoms with Gasteiger partial charge >= 0.3 is 0 Å². The van der Waals surface area contributed by atoms with Crippen molar-refractivity contribution in [3.63, 3.8) is 0 Å². The number of nitrogens with zero attached hydrogens (tertiary/aromatic N) is 2. The summed E-state index contributed by atoms with van der Waals surface area (Å²) in [5.74, 6) is -0.450. The third-order valence-corrected chi connectivity index (χ3v) is 5.41. The predicted octanol–water partition coefficient (Wildman–Crippen LogP) is 6.21. The zero-order valence-electron chi connectivity index (χ0n) is 18.0. The van der Waals surface area contributed by atoms with Crippen molar-refractivity contribution in [3.05, 3.63) is 77.2 Å². The van der Waals surface area contributed by atoms with Gasteiger partial charge in [-0.3, -0.25) is 4.98 Å². The molecule has 0 amide bonds. The fraction of sp³-hybridized carbons (Fsp3) is 0.160. The number of rotatable bonds is 6. The van der Waals surface area contributed by atoms with E-state index in [9.17, 15) is 9.50 Å². The number of anilines is 2. The molecule has 0 fully saturated rings. The average molecular weight is 452 g/mol. The second-order valence-corrected chi connectivity index (χ2v) is 8.18. The van der Waals surface area contributed by atoms with Crippen molar-refractivity contribution in [1.82, 2.24) is 9.88 Å². The highest BCUT2D eigenvalue weighted by atomic mass is 35.5. The van der Waals surface area contributed by atoms with Gasteiger partial charge in [0.2, 0.25) is 0 Å². The van der Waals surface area contributed by atoms with E-state index in [0.717, 1.165) is 23.3 Å². The van der Waals surface area contributed by atoms with Crippen LogP contribution < -0.4 is 10.1 Å². The van der Waals surface area contributed by atoms with Gasteiger partial charge in [0.25, 0.3) is 0 Å². The number of hydrogen-bond donors (Lipinski definition) is 2. The highest BCUT2D eigenvalue weighted by molar-refractivity contribution is 6.32. The second-order valence-electron chi connectivity index (χ2n) is 7.78. The molecule has 0 saturated heterocycles. The van der Waals surface area contributed by atoms with Crippen LogP contribution in [0.2, 0.25) is 5.02 Å². The highest BCUT2D eigenvalue weighted by Crippen LogP contribution is 2.40. The molecule has 32 heavy (non-hydrogen) atoms. The fourth-order valence-electron chi connectivity index (χ4n) is 3.60. The molecule has 1 heterocycles. The summed E-state index contributed by atoms with van der Waals surface area (Å²) in [4.78, 5) is 6.43. The molecule has 0 aliphatic rings. The maximum atomic E-state index is 15.0. The summed E-state index contributed by atoms with van der Waals surface area (Å²) in [5, 5.41) is 14.3. The maximum Gasteiger partial charge on any atom is 0.176 e. The number of aromatic nitrogens is 1. The Kier molecular flexibility index (Phi) is 6.17. The summed E-state index contributed by atoms with van der Waals surface area (Å²) in [6.45, 7) is 0.861. The Morgan fingerprint density at radius 1 is 1.09 bits per heavy atom. The van der Waals surface area contributed by atoms with E-state index in [-0.39, 0.29) is 16.5 Å². The number of halogens is 2. The molecule has 0 aliphatic heterocycles. The Labute approximate surface area is 191 Å². The van der Waals surface area contributed by atoms with E-state index in [1.165, 1.54) is 24.8 Å². The molecule has 2 N–H and O–H groups in total. The van der Waals surface area contributed by atoms with E-state index in [1.807, 2.05) is 32.3 Å². The first-order valence-electron chi connectivity index (χ1n) is 10.0. The maximum absolute atomic E-state index is 15.0. The number of methoxy groups -OCH3 is 1. The minimum Gasteiger partial charge on any atom is -0.503 e. The molecule has 1 aromatic heterocycles. The average Bonchev–Trinajstić information content (AvgIpc) is 2.76. The lowest BCUT2D eigenvalue weighted by Gasteiger charge is -2.14. The third kappa shape index (κ3) is 4.47. The molecular formula is C25H23ClFN3O2. The molecule has 7 heteroatoms. The van der Waals surface area contributed by atoms with E-state index in [4.69, 9.17) is 16.3 Å². The zero-order valence-corrected chi connectivity index (χ0v) is 18.7. The summed E-state index contributed by atoms with van der Waals surface area (Å²) < 4.78 is 20.1. The molecule has 5 nitrogen and oxygen atoms in total. The van der Waals surface area contributed by atoms with Crippen LogP contribution in [0.25, 0.3) is 22.0 Å². The minimum atomic E-state index is -0.445. The van der Waals surface area contributed by atoms with Crippen LogP contribution in [0.3, 0.4) is 0 Å². The molecule has 3 aromatic carbocycles. The molecular weight excluding hydrogens is 429 g/mol. The van der Waals surface area contributed by atoms with E-state index >= 15 is 0 Å². The number of nitrogens with one attached hydrogen (secondary N) is 1. The van der Waals surface area contributed by atoms with E-state index in [1.54, 1.807) is 18.3 Å². The molecule has 0 radical (unpaired) electrons. The first kappa shape index (κ1) is 21.9. The summed E-state index contributed by atoms with van der Waals surface area (Å²) in [5.41, 5.74) is 4.27. The van der Waals surface area contributed by atoms with Crippen molar-refractivity contribution in [1.29, 1.82) is 0 Å². The van der Waals surface area contributed by atoms with Gasteiger partial charge in [0.05, 0.1) is 17.6 Å². The number of fused-ring (bicyclic) bond motifs is 1. The smallest absolute Gasteiger partial charge is 0.176 e. The monoisotopic (exact) mass is 451 g/mol. The second kappa shape index (κ2) is 9.02. The van der Waals surface area contributed by atoms with Gasteiger partial charge in [-0.2, -0.15) is 0 Å². The summed E-state index contributed by atoms with van der Waals surface area (Å²) in [6, 6.07) is 16.2. The Morgan fingerprint density at radius 3 is 2.53 bits per heavy atom. The van der Waals surface area contributed by atoms with Gasteiger partial charge < -0.3 is 20.1 Å². The van der Waals surface area contributed by atoms with Crippen molar-refractivity contribution in [3.8, 4) is 22.6 Å². The van der Waals surface area contributed by atoms with Gasteiger partial charge in [0.1, 0.15) is 5.82 Å². The highest BCUT2D eigenvalue weighted by Gasteiger charge is 2.15. The van der Waals surface area contributed by atoms with Gasteiger partial charge in [-0.25, -0.2) is 4.39 Å². The first-order valence-corrected chi connectivity index (χ1v) is 10.4. The van der Waals surface area contributed by atoms with Crippen molar-refractivity contribution in [2.45, 2.75) is 6.54 Å². The van der Waals surface area contributed by atoms with Crippen LogP contribution in [0.15, 0.2) is 60.8 Å². The van der Waals surface area contributed by atoms with Crippen LogP contribution in [-0.2, 0) is 6.54 Å². The number of aromatic hydroxyl groups is 1. The Hall–Kier alpha value is -3.35. The van der Waals surface area contributed by atoms with Crippen LogP contribution in [0, 0.1) is 5.82 Å². The number of benzene rings is 3. The lowest BCUT2D eigenvalue weighted by Crippen LogP contribution is -2.10. The van der Waals surface area contributed by atoms with Crippen LogP contribution in [0.4, 0.5) is 15.8 Å². The van der Waals surface area contributed by atoms with Crippen LogP contribution in [0.1, 0.15) is 5.56 Å². The Bertz CT molecular complexity index is 1280. The lowest BCUT2D eigenvalue weighted by molar-refractivity contribution is 0.374. The van der Waals surface area contributed by atoms with Gasteiger partial charge in [-0.05, 0) is 61.6 Å². The largest absolute Gasteiger partial charge is 0.503 e. The molecule has 0 bridgehead atoms. The molecule has 164 valence electrons. The van der Waals surface area contributed by atoms with Crippen LogP contribution >= 0.6 is 11.6 Å². The number of ether oxygens (including phenoxy) is 1. The molecule has 4 aromatic rings. The van der Waals surface area contributed by atoms with Crippen molar-refractivity contribution in [2.75, 3.05) is 26.5 Å². The van der Waals surface area contributed by atoms with E-state index in [0.29, 0.717) is 16.6 Å². The summed E-state index contributed by atoms with van der Waals surface area (Å²) >= 11 is 6.12. The number of phenolic OH excluding ortho intramolecular Hbond substituents is 1. The van der Waals surface area contributed by atoms with Crippen LogP contribution in [0.5, 0.6) is 11.5 Å². The topological polar surface area (TPSA) is 57.6 Å². The Morgan fingerprint density at radius 2 is 1.84 bits per heavy atom. The molecule has 0 aliphatic carbocycles. The van der Waals surface area contributed by atoms with Gasteiger partial charge in [-0.15, -0.1) is 0 Å². The molecule has 0 unspecified atom stereocenters. The normalized spacial score (nSPS) is 11.2. The molecule has 0 spiro atoms. The van der Waals surface area contributed by atoms with E-state index in [2.05, 4.69) is 27.3 Å². The minimum absolute atomic E-state index is 0.0844. The summed E-state index contributed by atoms with van der Waals surface area (Å²) in [6.07, 6.45) is 1.64. The zero-order chi connectivity index (χ0) is 22.8. The quantitative estimate of drug-likeness (QED) is 0.365. The fourth-order valence-corrected chi connectivity index (χ4v) is 3.81. The van der Waals surface area contributed by atoms with Gasteiger partial charge in [-0.1, -0.05) is 23.7 Å². The molecule has 4 rings (SSSR count). The lowest BCUT2D eigenvalue weighted by atomic mass is 10.0. The van der Waals surface area contributed by atoms with Crippen molar-refractivity contribution >= 4 is 33.9 Å². The van der Waals surface area contributed by atoms with Crippen molar-refractivity contribution < 1.29 is 14.2 Å². The molecule has 0 atom stereocenters. The number of hydrogen-bond acceptors (Lipinski definition) is 5. The van der Waals surface area contributed by atoms with Gasteiger partial charge in [0.15, 0.2) is 11.5 Å². The standard InChI is InChI=1S/C25H23ClFN3O2/c1-30(2)14-15-4-6-17(7-5-15)29-22-8-9-28-23-13-21(27)18(12-19(22)23)16-10-20(26)25(31)24(11-16)32-3/h4-13,31H,14H2,1-3H3,(H,28,29). The molecule has 0 saturated carbocycles.